The first kappa shape index (κ1) is 22.0. The molecule has 0 aromatic heterocycles. The van der Waals surface area contributed by atoms with Crippen molar-refractivity contribution >= 4 is 23.6 Å². The molecule has 0 aliphatic heterocycles. The molecule has 0 aliphatic carbocycles. The number of aryl methyl sites for hydroxylation is 3. The van der Waals surface area contributed by atoms with Crippen LogP contribution in [-0.2, 0) is 21.9 Å². The van der Waals surface area contributed by atoms with Crippen molar-refractivity contribution in [3.8, 4) is 0 Å². The van der Waals surface area contributed by atoms with Crippen LogP contribution in [0.5, 0.6) is 0 Å². The van der Waals surface area contributed by atoms with E-state index in [4.69, 9.17) is 0 Å². The maximum Gasteiger partial charge on any atom is 0.242 e. The Balaban J connectivity index is 2.06. The van der Waals surface area contributed by atoms with Crippen molar-refractivity contribution in [1.29, 1.82) is 0 Å². The third kappa shape index (κ3) is 6.41. The first-order chi connectivity index (χ1) is 13.3. The zero-order chi connectivity index (χ0) is 20.7. The average molecular weight is 399 g/mol. The lowest BCUT2D eigenvalue weighted by Crippen LogP contribution is -2.47. The van der Waals surface area contributed by atoms with Gasteiger partial charge in [0.25, 0.3) is 0 Å². The molecule has 150 valence electrons. The van der Waals surface area contributed by atoms with Crippen LogP contribution in [0.25, 0.3) is 0 Å². The van der Waals surface area contributed by atoms with Gasteiger partial charge in [0.15, 0.2) is 0 Å². The summed E-state index contributed by atoms with van der Waals surface area (Å²) in [4.78, 5) is 26.8. The van der Waals surface area contributed by atoms with Gasteiger partial charge < -0.3 is 10.2 Å². The molecule has 0 bridgehead atoms. The number of amides is 2. The molecular formula is C23H30N2O2S. The summed E-state index contributed by atoms with van der Waals surface area (Å²) in [5, 5.41) is 2.65. The minimum Gasteiger partial charge on any atom is -0.357 e. The van der Waals surface area contributed by atoms with Crippen LogP contribution in [0.3, 0.4) is 0 Å². The van der Waals surface area contributed by atoms with Crippen LogP contribution in [0.4, 0.5) is 0 Å². The second-order valence-corrected chi connectivity index (χ2v) is 8.28. The monoisotopic (exact) mass is 398 g/mol. The van der Waals surface area contributed by atoms with Crippen molar-refractivity contribution in [2.24, 2.45) is 0 Å². The van der Waals surface area contributed by atoms with Crippen molar-refractivity contribution < 1.29 is 9.59 Å². The normalized spacial score (nSPS) is 11.8. The van der Waals surface area contributed by atoms with Gasteiger partial charge >= 0.3 is 0 Å². The minimum atomic E-state index is -0.514. The molecule has 5 heteroatoms. The Bertz CT molecular complexity index is 815. The fraction of sp³-hybridized carbons (Fsp3) is 0.391. The summed E-state index contributed by atoms with van der Waals surface area (Å²) >= 11 is 1.59. The van der Waals surface area contributed by atoms with E-state index in [2.05, 4.69) is 43.4 Å². The molecule has 0 heterocycles. The fourth-order valence-electron chi connectivity index (χ4n) is 3.29. The van der Waals surface area contributed by atoms with Gasteiger partial charge in [-0.1, -0.05) is 59.2 Å². The largest absolute Gasteiger partial charge is 0.357 e. The van der Waals surface area contributed by atoms with E-state index >= 15 is 0 Å². The number of benzene rings is 2. The Morgan fingerprint density at radius 1 is 1.00 bits per heavy atom. The van der Waals surface area contributed by atoms with Gasteiger partial charge in [0.2, 0.25) is 11.8 Å². The number of likely N-dealkylation sites (N-methyl/N-ethyl adjacent to an activating group) is 1. The Labute approximate surface area is 172 Å². The molecular weight excluding hydrogens is 368 g/mol. The van der Waals surface area contributed by atoms with Gasteiger partial charge in [0, 0.05) is 19.3 Å². The van der Waals surface area contributed by atoms with Crippen LogP contribution >= 0.6 is 11.8 Å². The zero-order valence-electron chi connectivity index (χ0n) is 17.4. The molecule has 0 spiro atoms. The molecule has 1 N–H and O–H groups in total. The summed E-state index contributed by atoms with van der Waals surface area (Å²) in [7, 11) is 1.60. The summed E-state index contributed by atoms with van der Waals surface area (Å²) in [6.45, 7) is 8.40. The predicted molar refractivity (Wildman–Crippen MR) is 117 cm³/mol. The SMILES string of the molecule is CNC(=O)[C@@H](C)N(Cc1cccc(C)c1)C(=O)CSCc1cc(C)cc(C)c1. The van der Waals surface area contributed by atoms with Crippen LogP contribution in [-0.4, -0.2) is 35.6 Å². The number of nitrogens with one attached hydrogen (secondary N) is 1. The molecule has 0 saturated heterocycles. The van der Waals surface area contributed by atoms with Crippen LogP contribution in [0.1, 0.15) is 34.7 Å². The Kier molecular flexibility index (Phi) is 8.12. The zero-order valence-corrected chi connectivity index (χ0v) is 18.2. The van der Waals surface area contributed by atoms with E-state index in [0.29, 0.717) is 12.3 Å². The highest BCUT2D eigenvalue weighted by Crippen LogP contribution is 2.18. The molecule has 0 fully saturated rings. The van der Waals surface area contributed by atoms with E-state index in [1.807, 2.05) is 25.1 Å². The van der Waals surface area contributed by atoms with Gasteiger partial charge in [-0.05, 0) is 38.8 Å². The topological polar surface area (TPSA) is 49.4 Å². The lowest BCUT2D eigenvalue weighted by Gasteiger charge is -2.28. The smallest absolute Gasteiger partial charge is 0.242 e. The molecule has 2 amide bonds. The van der Waals surface area contributed by atoms with Crippen LogP contribution in [0.15, 0.2) is 42.5 Å². The third-order valence-electron chi connectivity index (χ3n) is 4.62. The van der Waals surface area contributed by atoms with Gasteiger partial charge in [-0.2, -0.15) is 0 Å². The second kappa shape index (κ2) is 10.3. The van der Waals surface area contributed by atoms with Crippen molar-refractivity contribution in [2.45, 2.75) is 46.0 Å². The highest BCUT2D eigenvalue weighted by atomic mass is 32.2. The summed E-state index contributed by atoms with van der Waals surface area (Å²) in [6.07, 6.45) is 0. The Hall–Kier alpha value is -2.27. The van der Waals surface area contributed by atoms with Crippen LogP contribution in [0.2, 0.25) is 0 Å². The molecule has 2 aromatic carbocycles. The molecule has 0 saturated carbocycles. The predicted octanol–water partition coefficient (Wildman–Crippen LogP) is 4.01. The fourth-order valence-corrected chi connectivity index (χ4v) is 4.14. The van der Waals surface area contributed by atoms with Gasteiger partial charge in [-0.3, -0.25) is 9.59 Å². The van der Waals surface area contributed by atoms with E-state index in [-0.39, 0.29) is 11.8 Å². The van der Waals surface area contributed by atoms with Crippen molar-refractivity contribution in [3.05, 3.63) is 70.3 Å². The van der Waals surface area contributed by atoms with Crippen molar-refractivity contribution in [1.82, 2.24) is 10.2 Å². The molecule has 2 aromatic rings. The molecule has 2 rings (SSSR count). The molecule has 4 nitrogen and oxygen atoms in total. The van der Waals surface area contributed by atoms with Crippen molar-refractivity contribution in [3.63, 3.8) is 0 Å². The molecule has 28 heavy (non-hydrogen) atoms. The molecule has 1 atom stereocenters. The van der Waals surface area contributed by atoms with Gasteiger partial charge in [0.05, 0.1) is 5.75 Å². The Morgan fingerprint density at radius 3 is 2.25 bits per heavy atom. The second-order valence-electron chi connectivity index (χ2n) is 7.29. The number of hydrogen-bond donors (Lipinski definition) is 1. The van der Waals surface area contributed by atoms with E-state index in [1.54, 1.807) is 30.6 Å². The summed E-state index contributed by atoms with van der Waals surface area (Å²) in [5.41, 5.74) is 5.86. The summed E-state index contributed by atoms with van der Waals surface area (Å²) < 4.78 is 0. The average Bonchev–Trinajstić information content (AvgIpc) is 2.64. The summed E-state index contributed by atoms with van der Waals surface area (Å²) in [6, 6.07) is 14.0. The van der Waals surface area contributed by atoms with Gasteiger partial charge in [-0.15, -0.1) is 11.8 Å². The number of rotatable bonds is 8. The van der Waals surface area contributed by atoms with E-state index in [0.717, 1.165) is 16.9 Å². The van der Waals surface area contributed by atoms with Gasteiger partial charge in [0.1, 0.15) is 6.04 Å². The van der Waals surface area contributed by atoms with E-state index < -0.39 is 6.04 Å². The standard InChI is InChI=1S/C23H30N2O2S/c1-16-7-6-8-20(10-16)13-25(19(4)23(27)24-5)22(26)15-28-14-21-11-17(2)9-18(3)12-21/h6-12,19H,13-15H2,1-5H3,(H,24,27)/t19-/m1/s1. The quantitative estimate of drug-likeness (QED) is 0.731. The maximum absolute atomic E-state index is 12.9. The number of thioether (sulfide) groups is 1. The first-order valence-corrected chi connectivity index (χ1v) is 10.7. The van der Waals surface area contributed by atoms with E-state index in [9.17, 15) is 9.59 Å². The number of carbonyl (C=O) groups excluding carboxylic acids is 2. The molecule has 0 aliphatic rings. The molecule has 0 radical (unpaired) electrons. The van der Waals surface area contributed by atoms with Crippen molar-refractivity contribution in [2.75, 3.05) is 12.8 Å². The number of carbonyl (C=O) groups is 2. The number of hydrogen-bond acceptors (Lipinski definition) is 3. The lowest BCUT2D eigenvalue weighted by molar-refractivity contribution is -0.138. The third-order valence-corrected chi connectivity index (χ3v) is 5.61. The Morgan fingerprint density at radius 2 is 1.64 bits per heavy atom. The van der Waals surface area contributed by atoms with Crippen LogP contribution < -0.4 is 5.32 Å². The maximum atomic E-state index is 12.9. The van der Waals surface area contributed by atoms with E-state index in [1.165, 1.54) is 16.7 Å². The van der Waals surface area contributed by atoms with Crippen LogP contribution in [0, 0.1) is 20.8 Å². The highest BCUT2D eigenvalue weighted by molar-refractivity contribution is 7.99. The minimum absolute atomic E-state index is 0.0213. The molecule has 0 unspecified atom stereocenters. The summed E-state index contributed by atoms with van der Waals surface area (Å²) in [5.74, 6) is 0.952. The lowest BCUT2D eigenvalue weighted by atomic mass is 10.1. The van der Waals surface area contributed by atoms with Gasteiger partial charge in [-0.25, -0.2) is 0 Å². The number of nitrogens with zero attached hydrogens (tertiary/aromatic N) is 1. The first-order valence-electron chi connectivity index (χ1n) is 9.51. The highest BCUT2D eigenvalue weighted by Gasteiger charge is 2.25.